The molecule has 0 spiro atoms. The van der Waals surface area contributed by atoms with Crippen LogP contribution < -0.4 is 11.1 Å². The molecule has 0 fully saturated rings. The number of hydrogen-bond donors (Lipinski definition) is 2. The summed E-state index contributed by atoms with van der Waals surface area (Å²) in [6, 6.07) is 7.28. The van der Waals surface area contributed by atoms with Crippen molar-refractivity contribution in [3.63, 3.8) is 0 Å². The van der Waals surface area contributed by atoms with E-state index in [4.69, 9.17) is 17.3 Å². The summed E-state index contributed by atoms with van der Waals surface area (Å²) in [5, 5.41) is 2.60. The van der Waals surface area contributed by atoms with Crippen molar-refractivity contribution in [1.82, 2.24) is 4.98 Å². The number of nitrogen functional groups attached to an aromatic ring is 1. The van der Waals surface area contributed by atoms with Gasteiger partial charge in [-0.2, -0.15) is 0 Å². The quantitative estimate of drug-likeness (QED) is 0.830. The molecule has 1 amide bonds. The van der Waals surface area contributed by atoms with Gasteiger partial charge in [0.2, 0.25) is 0 Å². The molecular formula is C13H11ClFN3O. The van der Waals surface area contributed by atoms with E-state index in [1.807, 2.05) is 0 Å². The molecule has 0 saturated carbocycles. The topological polar surface area (TPSA) is 68.0 Å². The zero-order chi connectivity index (χ0) is 14.0. The minimum atomic E-state index is -0.499. The molecule has 6 heteroatoms. The molecule has 1 aromatic heterocycles. The molecule has 3 N–H and O–H groups in total. The lowest BCUT2D eigenvalue weighted by Gasteiger charge is -2.09. The van der Waals surface area contributed by atoms with Gasteiger partial charge in [-0.05, 0) is 30.7 Å². The number of nitrogens with zero attached hydrogens (tertiary/aromatic N) is 1. The summed E-state index contributed by atoms with van der Waals surface area (Å²) < 4.78 is 13.6. The van der Waals surface area contributed by atoms with Crippen LogP contribution in [-0.4, -0.2) is 10.9 Å². The van der Waals surface area contributed by atoms with Gasteiger partial charge in [-0.3, -0.25) is 4.79 Å². The summed E-state index contributed by atoms with van der Waals surface area (Å²) in [7, 11) is 0. The number of carbonyl (C=O) groups is 1. The van der Waals surface area contributed by atoms with Gasteiger partial charge < -0.3 is 11.1 Å². The van der Waals surface area contributed by atoms with E-state index >= 15 is 0 Å². The molecule has 1 heterocycles. The van der Waals surface area contributed by atoms with Crippen LogP contribution in [0.25, 0.3) is 0 Å². The summed E-state index contributed by atoms with van der Waals surface area (Å²) in [6.45, 7) is 1.70. The lowest BCUT2D eigenvalue weighted by molar-refractivity contribution is 0.102. The molecule has 2 rings (SSSR count). The number of pyridine rings is 1. The number of amides is 1. The van der Waals surface area contributed by atoms with Crippen LogP contribution in [-0.2, 0) is 0 Å². The van der Waals surface area contributed by atoms with Gasteiger partial charge in [-0.25, -0.2) is 9.37 Å². The Labute approximate surface area is 114 Å². The number of nitrogens with two attached hydrogens (primary N) is 1. The Balaban J connectivity index is 2.31. The van der Waals surface area contributed by atoms with Crippen molar-refractivity contribution < 1.29 is 9.18 Å². The molecule has 4 nitrogen and oxygen atoms in total. The summed E-state index contributed by atoms with van der Waals surface area (Å²) in [4.78, 5) is 15.8. The number of carbonyl (C=O) groups excluding carboxylic acids is 1. The van der Waals surface area contributed by atoms with Crippen molar-refractivity contribution in [3.8, 4) is 0 Å². The molecule has 98 valence electrons. The minimum absolute atomic E-state index is 0.107. The van der Waals surface area contributed by atoms with Crippen LogP contribution >= 0.6 is 11.6 Å². The maximum absolute atomic E-state index is 13.6. The molecule has 0 saturated heterocycles. The van der Waals surface area contributed by atoms with Gasteiger partial charge in [0.05, 0.1) is 5.69 Å². The highest BCUT2D eigenvalue weighted by Gasteiger charge is 2.12. The lowest BCUT2D eigenvalue weighted by Crippen LogP contribution is -2.14. The number of anilines is 2. The van der Waals surface area contributed by atoms with E-state index in [1.165, 1.54) is 18.2 Å². The van der Waals surface area contributed by atoms with Gasteiger partial charge in [-0.1, -0.05) is 23.7 Å². The molecule has 0 bridgehead atoms. The third kappa shape index (κ3) is 3.00. The first kappa shape index (κ1) is 13.3. The second kappa shape index (κ2) is 5.24. The Morgan fingerprint density at radius 3 is 2.79 bits per heavy atom. The maximum atomic E-state index is 13.6. The number of nitrogens with one attached hydrogen (secondary N) is 1. The van der Waals surface area contributed by atoms with E-state index in [1.54, 1.807) is 19.1 Å². The molecule has 0 unspecified atom stereocenters. The standard InChI is InChI=1S/C13H11ClFN3O/c1-7-3-2-4-9(15)12(7)18-13(19)8-5-10(14)17-11(16)6-8/h2-6H,1H3,(H2,16,17)(H,18,19). The predicted molar refractivity (Wildman–Crippen MR) is 72.7 cm³/mol. The molecule has 2 aromatic rings. The highest BCUT2D eigenvalue weighted by atomic mass is 35.5. The third-order valence-corrected chi connectivity index (χ3v) is 2.73. The normalized spacial score (nSPS) is 10.3. The zero-order valence-electron chi connectivity index (χ0n) is 10.1. The van der Waals surface area contributed by atoms with Gasteiger partial charge in [0.1, 0.15) is 16.8 Å². The van der Waals surface area contributed by atoms with Crippen LogP contribution in [0.3, 0.4) is 0 Å². The average molecular weight is 280 g/mol. The number of rotatable bonds is 2. The van der Waals surface area contributed by atoms with Crippen molar-refractivity contribution in [2.75, 3.05) is 11.1 Å². The van der Waals surface area contributed by atoms with Crippen LogP contribution in [0, 0.1) is 12.7 Å². The smallest absolute Gasteiger partial charge is 0.255 e. The molecule has 0 radical (unpaired) electrons. The number of aromatic nitrogens is 1. The lowest BCUT2D eigenvalue weighted by atomic mass is 10.1. The summed E-state index contributed by atoms with van der Waals surface area (Å²) in [5.74, 6) is -0.867. The average Bonchev–Trinajstić information content (AvgIpc) is 2.32. The van der Waals surface area contributed by atoms with Crippen molar-refractivity contribution in [2.24, 2.45) is 0 Å². The fourth-order valence-corrected chi connectivity index (χ4v) is 1.84. The molecule has 0 aliphatic heterocycles. The summed E-state index contributed by atoms with van der Waals surface area (Å²) >= 11 is 5.71. The molecule has 0 atom stereocenters. The fraction of sp³-hybridized carbons (Fsp3) is 0.0769. The summed E-state index contributed by atoms with van der Waals surface area (Å²) in [5.41, 5.74) is 6.49. The second-order valence-corrected chi connectivity index (χ2v) is 4.38. The van der Waals surface area contributed by atoms with Crippen molar-refractivity contribution in [2.45, 2.75) is 6.92 Å². The largest absolute Gasteiger partial charge is 0.384 e. The highest BCUT2D eigenvalue weighted by molar-refractivity contribution is 6.30. The molecule has 19 heavy (non-hydrogen) atoms. The minimum Gasteiger partial charge on any atom is -0.384 e. The van der Waals surface area contributed by atoms with Crippen LogP contribution in [0.1, 0.15) is 15.9 Å². The highest BCUT2D eigenvalue weighted by Crippen LogP contribution is 2.20. The van der Waals surface area contributed by atoms with E-state index in [0.29, 0.717) is 5.56 Å². The third-order valence-electron chi connectivity index (χ3n) is 2.54. The van der Waals surface area contributed by atoms with Crippen molar-refractivity contribution in [1.29, 1.82) is 0 Å². The SMILES string of the molecule is Cc1cccc(F)c1NC(=O)c1cc(N)nc(Cl)c1. The first-order chi connectivity index (χ1) is 8.97. The van der Waals surface area contributed by atoms with E-state index in [9.17, 15) is 9.18 Å². The number of halogens is 2. The number of aryl methyl sites for hydroxylation is 1. The van der Waals surface area contributed by atoms with Crippen molar-refractivity contribution >= 4 is 29.0 Å². The number of hydrogen-bond acceptors (Lipinski definition) is 3. The van der Waals surface area contributed by atoms with Gasteiger partial charge in [0.15, 0.2) is 0 Å². The van der Waals surface area contributed by atoms with Gasteiger partial charge in [0, 0.05) is 5.56 Å². The molecule has 1 aromatic carbocycles. The number of para-hydroxylation sites is 1. The van der Waals surface area contributed by atoms with E-state index in [-0.39, 0.29) is 22.2 Å². The van der Waals surface area contributed by atoms with Crippen molar-refractivity contribution in [3.05, 3.63) is 52.4 Å². The Hall–Kier alpha value is -2.14. The number of benzene rings is 1. The van der Waals surface area contributed by atoms with Crippen LogP contribution in [0.2, 0.25) is 5.15 Å². The Kier molecular flexibility index (Phi) is 3.66. The van der Waals surface area contributed by atoms with Crippen LogP contribution in [0.5, 0.6) is 0 Å². The van der Waals surface area contributed by atoms with E-state index in [0.717, 1.165) is 0 Å². The summed E-state index contributed by atoms with van der Waals surface area (Å²) in [6.07, 6.45) is 0. The predicted octanol–water partition coefficient (Wildman–Crippen LogP) is 3.02. The first-order valence-electron chi connectivity index (χ1n) is 5.47. The van der Waals surface area contributed by atoms with Crippen LogP contribution in [0.15, 0.2) is 30.3 Å². The monoisotopic (exact) mass is 279 g/mol. The van der Waals surface area contributed by atoms with Gasteiger partial charge in [-0.15, -0.1) is 0 Å². The fourth-order valence-electron chi connectivity index (χ4n) is 1.62. The molecular weight excluding hydrogens is 269 g/mol. The van der Waals surface area contributed by atoms with E-state index in [2.05, 4.69) is 10.3 Å². The Bertz CT molecular complexity index is 605. The van der Waals surface area contributed by atoms with Crippen LogP contribution in [0.4, 0.5) is 15.9 Å². The zero-order valence-corrected chi connectivity index (χ0v) is 10.8. The van der Waals surface area contributed by atoms with Gasteiger partial charge >= 0.3 is 0 Å². The molecule has 0 aliphatic carbocycles. The first-order valence-corrected chi connectivity index (χ1v) is 5.84. The second-order valence-electron chi connectivity index (χ2n) is 3.99. The van der Waals surface area contributed by atoms with Gasteiger partial charge in [0.25, 0.3) is 5.91 Å². The maximum Gasteiger partial charge on any atom is 0.255 e. The van der Waals surface area contributed by atoms with E-state index < -0.39 is 11.7 Å². The Morgan fingerprint density at radius 1 is 1.42 bits per heavy atom. The molecule has 0 aliphatic rings. The Morgan fingerprint density at radius 2 is 2.16 bits per heavy atom.